The topological polar surface area (TPSA) is 69.6 Å². The van der Waals surface area contributed by atoms with Crippen molar-refractivity contribution in [2.24, 2.45) is 0 Å². The second-order valence-corrected chi connectivity index (χ2v) is 7.36. The number of carbonyl (C=O) groups is 2. The van der Waals surface area contributed by atoms with Gasteiger partial charge in [0.05, 0.1) is 5.60 Å². The molecule has 3 rings (SSSR count). The number of hydrogen-bond acceptors (Lipinski definition) is 3. The van der Waals surface area contributed by atoms with Gasteiger partial charge in [-0.05, 0) is 31.2 Å². The summed E-state index contributed by atoms with van der Waals surface area (Å²) in [5.74, 6) is -0.160. The summed E-state index contributed by atoms with van der Waals surface area (Å²) in [7, 11) is 0. The summed E-state index contributed by atoms with van der Waals surface area (Å²) in [6.45, 7) is 0.868. The fourth-order valence-electron chi connectivity index (χ4n) is 3.94. The van der Waals surface area contributed by atoms with Crippen LogP contribution < -0.4 is 5.32 Å². The molecule has 1 aromatic rings. The highest BCUT2D eigenvalue weighted by Crippen LogP contribution is 2.29. The number of likely N-dealkylation sites (tertiary alicyclic amines) is 1. The fourth-order valence-corrected chi connectivity index (χ4v) is 3.94. The van der Waals surface area contributed by atoms with Crippen LogP contribution in [-0.2, 0) is 9.59 Å². The van der Waals surface area contributed by atoms with Crippen molar-refractivity contribution in [2.75, 3.05) is 13.1 Å². The first kappa shape index (κ1) is 17.9. The van der Waals surface area contributed by atoms with E-state index in [0.717, 1.165) is 50.5 Å². The molecule has 5 nitrogen and oxygen atoms in total. The third-order valence-electron chi connectivity index (χ3n) is 5.41. The van der Waals surface area contributed by atoms with E-state index in [-0.39, 0.29) is 18.4 Å². The summed E-state index contributed by atoms with van der Waals surface area (Å²) in [6.07, 6.45) is 6.91. The molecule has 1 aliphatic heterocycles. The van der Waals surface area contributed by atoms with E-state index in [4.69, 9.17) is 0 Å². The summed E-state index contributed by atoms with van der Waals surface area (Å²) in [5.41, 5.74) is 0.0204. The Labute approximate surface area is 149 Å². The van der Waals surface area contributed by atoms with Crippen LogP contribution in [0.3, 0.4) is 0 Å². The van der Waals surface area contributed by atoms with E-state index in [2.05, 4.69) is 5.32 Å². The molecule has 2 aliphatic rings. The highest BCUT2D eigenvalue weighted by atomic mass is 16.3. The molecule has 0 radical (unpaired) electrons. The first-order valence-electron chi connectivity index (χ1n) is 9.44. The smallest absolute Gasteiger partial charge is 0.247 e. The highest BCUT2D eigenvalue weighted by Gasteiger charge is 2.35. The Bertz CT molecular complexity index is 596. The predicted octanol–water partition coefficient (Wildman–Crippen LogP) is 2.55. The molecule has 25 heavy (non-hydrogen) atoms. The van der Waals surface area contributed by atoms with Crippen LogP contribution in [0.1, 0.15) is 63.0 Å². The maximum Gasteiger partial charge on any atom is 0.247 e. The van der Waals surface area contributed by atoms with Crippen LogP contribution in [0, 0.1) is 0 Å². The quantitative estimate of drug-likeness (QED) is 0.862. The molecule has 1 unspecified atom stereocenters. The Kier molecular flexibility index (Phi) is 5.74. The van der Waals surface area contributed by atoms with Gasteiger partial charge in [-0.3, -0.25) is 9.59 Å². The van der Waals surface area contributed by atoms with Gasteiger partial charge in [-0.1, -0.05) is 49.6 Å². The fraction of sp³-hybridized carbons (Fsp3) is 0.600. The summed E-state index contributed by atoms with van der Waals surface area (Å²) >= 11 is 0. The number of aliphatic hydroxyl groups is 1. The van der Waals surface area contributed by atoms with Crippen LogP contribution in [0.2, 0.25) is 0 Å². The number of rotatable bonds is 5. The summed E-state index contributed by atoms with van der Waals surface area (Å²) < 4.78 is 0. The van der Waals surface area contributed by atoms with Crippen molar-refractivity contribution in [1.29, 1.82) is 0 Å². The van der Waals surface area contributed by atoms with Crippen molar-refractivity contribution in [3.05, 3.63) is 35.9 Å². The van der Waals surface area contributed by atoms with E-state index < -0.39 is 11.6 Å². The van der Waals surface area contributed by atoms with Gasteiger partial charge in [0.1, 0.15) is 6.04 Å². The van der Waals surface area contributed by atoms with Crippen molar-refractivity contribution < 1.29 is 14.7 Å². The Balaban J connectivity index is 1.74. The molecule has 1 aromatic carbocycles. The van der Waals surface area contributed by atoms with Crippen LogP contribution in [0.5, 0.6) is 0 Å². The maximum atomic E-state index is 13.0. The predicted molar refractivity (Wildman–Crippen MR) is 95.8 cm³/mol. The molecular weight excluding hydrogens is 316 g/mol. The van der Waals surface area contributed by atoms with E-state index in [0.29, 0.717) is 13.0 Å². The average Bonchev–Trinajstić information content (AvgIpc) is 2.63. The van der Waals surface area contributed by atoms with Crippen molar-refractivity contribution >= 4 is 11.8 Å². The molecule has 1 atom stereocenters. The molecule has 1 aliphatic carbocycles. The zero-order chi connectivity index (χ0) is 17.7. The van der Waals surface area contributed by atoms with Gasteiger partial charge in [0.25, 0.3) is 0 Å². The van der Waals surface area contributed by atoms with E-state index in [1.807, 2.05) is 30.3 Å². The molecule has 5 heteroatoms. The van der Waals surface area contributed by atoms with Gasteiger partial charge in [0, 0.05) is 19.5 Å². The second-order valence-electron chi connectivity index (χ2n) is 7.36. The minimum absolute atomic E-state index is 0.0339. The van der Waals surface area contributed by atoms with Crippen molar-refractivity contribution in [3.63, 3.8) is 0 Å². The lowest BCUT2D eigenvalue weighted by atomic mass is 9.85. The lowest BCUT2D eigenvalue weighted by Crippen LogP contribution is -2.50. The first-order valence-corrected chi connectivity index (χ1v) is 9.44. The lowest BCUT2D eigenvalue weighted by Gasteiger charge is -2.36. The Morgan fingerprint density at radius 2 is 1.84 bits per heavy atom. The summed E-state index contributed by atoms with van der Waals surface area (Å²) in [5, 5.41) is 13.6. The van der Waals surface area contributed by atoms with Crippen LogP contribution >= 0.6 is 0 Å². The molecule has 1 saturated heterocycles. The van der Waals surface area contributed by atoms with E-state index in [9.17, 15) is 14.7 Å². The number of benzene rings is 1. The van der Waals surface area contributed by atoms with Crippen LogP contribution in [-0.4, -0.2) is 40.5 Å². The third kappa shape index (κ3) is 4.40. The molecule has 0 aromatic heterocycles. The van der Waals surface area contributed by atoms with E-state index in [1.165, 1.54) is 0 Å². The van der Waals surface area contributed by atoms with Crippen LogP contribution in [0.25, 0.3) is 0 Å². The molecule has 0 bridgehead atoms. The number of nitrogens with zero attached hydrogens (tertiary/aromatic N) is 1. The molecule has 0 spiro atoms. The number of carbonyl (C=O) groups excluding carboxylic acids is 2. The molecule has 2 fully saturated rings. The molecule has 136 valence electrons. The Morgan fingerprint density at radius 1 is 1.12 bits per heavy atom. The molecular formula is C20H28N2O3. The zero-order valence-corrected chi connectivity index (χ0v) is 14.7. The van der Waals surface area contributed by atoms with Gasteiger partial charge in [-0.15, -0.1) is 0 Å². The van der Waals surface area contributed by atoms with Gasteiger partial charge in [-0.25, -0.2) is 0 Å². The highest BCUT2D eigenvalue weighted by molar-refractivity contribution is 5.89. The molecule has 2 amide bonds. The van der Waals surface area contributed by atoms with Crippen molar-refractivity contribution in [2.45, 2.75) is 63.0 Å². The van der Waals surface area contributed by atoms with Gasteiger partial charge in [0.15, 0.2) is 0 Å². The minimum atomic E-state index is -0.805. The molecule has 2 N–H and O–H groups in total. The Morgan fingerprint density at radius 3 is 2.52 bits per heavy atom. The van der Waals surface area contributed by atoms with Gasteiger partial charge < -0.3 is 15.3 Å². The minimum Gasteiger partial charge on any atom is -0.388 e. The number of amides is 2. The van der Waals surface area contributed by atoms with Crippen molar-refractivity contribution in [1.82, 2.24) is 10.2 Å². The lowest BCUT2D eigenvalue weighted by molar-refractivity contribution is -0.143. The zero-order valence-electron chi connectivity index (χ0n) is 14.7. The standard InChI is InChI=1S/C20H28N2O3/c23-17-11-5-8-14-22(17)18(16-9-3-1-4-10-16)19(24)21-15-20(25)12-6-2-7-13-20/h1,3-4,9-10,18,25H,2,5-8,11-15H2,(H,21,24). The van der Waals surface area contributed by atoms with E-state index >= 15 is 0 Å². The normalized spacial score (nSPS) is 21.6. The largest absolute Gasteiger partial charge is 0.388 e. The maximum absolute atomic E-state index is 13.0. The Hall–Kier alpha value is -1.88. The third-order valence-corrected chi connectivity index (χ3v) is 5.41. The first-order chi connectivity index (χ1) is 12.1. The average molecular weight is 344 g/mol. The number of hydrogen-bond donors (Lipinski definition) is 2. The van der Waals surface area contributed by atoms with Gasteiger partial charge in [-0.2, -0.15) is 0 Å². The van der Waals surface area contributed by atoms with Crippen LogP contribution in [0.15, 0.2) is 30.3 Å². The monoisotopic (exact) mass is 344 g/mol. The second kappa shape index (κ2) is 8.00. The summed E-state index contributed by atoms with van der Waals surface area (Å²) in [4.78, 5) is 27.0. The van der Waals surface area contributed by atoms with Crippen LogP contribution in [0.4, 0.5) is 0 Å². The number of piperidine rings is 1. The molecule has 1 heterocycles. The van der Waals surface area contributed by atoms with Crippen molar-refractivity contribution in [3.8, 4) is 0 Å². The SMILES string of the molecule is O=C(NCC1(O)CCCCC1)C(c1ccccc1)N1CCCCC1=O. The molecule has 1 saturated carbocycles. The number of nitrogens with one attached hydrogen (secondary N) is 1. The van der Waals surface area contributed by atoms with E-state index in [1.54, 1.807) is 4.90 Å². The summed E-state index contributed by atoms with van der Waals surface area (Å²) in [6, 6.07) is 8.85. The van der Waals surface area contributed by atoms with Gasteiger partial charge in [0.2, 0.25) is 11.8 Å². The van der Waals surface area contributed by atoms with Gasteiger partial charge >= 0.3 is 0 Å².